The molecule has 0 fully saturated rings. The van der Waals surface area contributed by atoms with Crippen molar-refractivity contribution in [1.82, 2.24) is 10.0 Å². The zero-order chi connectivity index (χ0) is 17.9. The summed E-state index contributed by atoms with van der Waals surface area (Å²) in [6.07, 6.45) is 0. The molecule has 0 radical (unpaired) electrons. The van der Waals surface area contributed by atoms with E-state index in [0.717, 1.165) is 4.68 Å². The molecule has 0 atom stereocenters. The zero-order valence-corrected chi connectivity index (χ0v) is 13.7. The highest BCUT2D eigenvalue weighted by Crippen LogP contribution is 2.09. The lowest BCUT2D eigenvalue weighted by atomic mass is 10.1. The van der Waals surface area contributed by atoms with Crippen LogP contribution in [0.25, 0.3) is 0 Å². The molecule has 0 aliphatic rings. The van der Waals surface area contributed by atoms with Crippen molar-refractivity contribution in [2.75, 3.05) is 5.84 Å². The van der Waals surface area contributed by atoms with Gasteiger partial charge in [0.15, 0.2) is 6.54 Å². The van der Waals surface area contributed by atoms with Crippen molar-refractivity contribution in [1.29, 1.82) is 0 Å². The molecular weight excluding hydrogens is 336 g/mol. The highest BCUT2D eigenvalue weighted by molar-refractivity contribution is 6.30. The number of benzene rings is 1. The maximum absolute atomic E-state index is 12.3. The van der Waals surface area contributed by atoms with Crippen molar-refractivity contribution in [3.63, 3.8) is 0 Å². The van der Waals surface area contributed by atoms with Crippen LogP contribution in [0.1, 0.15) is 29.9 Å². The fourth-order valence-electron chi connectivity index (χ4n) is 1.84. The van der Waals surface area contributed by atoms with Crippen LogP contribution < -0.4 is 21.2 Å². The Kier molecular flexibility index (Phi) is 5.14. The summed E-state index contributed by atoms with van der Waals surface area (Å²) in [5.41, 5.74) is -0.285. The summed E-state index contributed by atoms with van der Waals surface area (Å²) in [5.74, 6) is 4.20. The Morgan fingerprint density at radius 2 is 1.96 bits per heavy atom. The molecule has 0 spiro atoms. The number of nitrogens with zero attached hydrogens (tertiary/aromatic N) is 4. The molecule has 0 saturated carbocycles. The summed E-state index contributed by atoms with van der Waals surface area (Å²) in [6.45, 7) is 2.99. The third-order valence-electron chi connectivity index (χ3n) is 2.93. The molecule has 1 heterocycles. The van der Waals surface area contributed by atoms with Crippen LogP contribution >= 0.6 is 11.6 Å². The topological polar surface area (TPSA) is 133 Å². The SMILES string of the molecule is CC(C)=N/N=C(\[O-])c1c(=O)n(N)[nH][n+]1CC(=O)c1ccc(Cl)cc1. The number of nitrogens with one attached hydrogen (secondary N) is 1. The second-order valence-electron chi connectivity index (χ2n) is 5.09. The fraction of sp³-hybridized carbons (Fsp3) is 0.214. The van der Waals surface area contributed by atoms with Gasteiger partial charge in [0, 0.05) is 16.3 Å². The van der Waals surface area contributed by atoms with Crippen molar-refractivity contribution >= 4 is 29.0 Å². The molecule has 10 heteroatoms. The molecular formula is C14H15ClN6O3. The first-order chi connectivity index (χ1) is 11.3. The number of hydrogen-bond donors (Lipinski definition) is 2. The minimum Gasteiger partial charge on any atom is -0.854 e. The second-order valence-corrected chi connectivity index (χ2v) is 5.53. The number of aromatic nitrogens is 3. The molecule has 0 aliphatic heterocycles. The highest BCUT2D eigenvalue weighted by Gasteiger charge is 2.23. The Morgan fingerprint density at radius 3 is 2.54 bits per heavy atom. The van der Waals surface area contributed by atoms with Crippen LogP contribution in [0.2, 0.25) is 5.02 Å². The molecule has 126 valence electrons. The van der Waals surface area contributed by atoms with Crippen LogP contribution in [-0.2, 0) is 6.54 Å². The van der Waals surface area contributed by atoms with Gasteiger partial charge in [0.25, 0.3) is 5.69 Å². The van der Waals surface area contributed by atoms with Gasteiger partial charge in [0.2, 0.25) is 5.78 Å². The van der Waals surface area contributed by atoms with Crippen molar-refractivity contribution in [3.05, 3.63) is 50.9 Å². The van der Waals surface area contributed by atoms with E-state index in [0.29, 0.717) is 21.1 Å². The van der Waals surface area contributed by atoms with Gasteiger partial charge >= 0.3 is 5.56 Å². The molecule has 1 aromatic heterocycles. The van der Waals surface area contributed by atoms with Gasteiger partial charge in [-0.05, 0) is 42.9 Å². The standard InChI is InChI=1S/C14H15ClN6O3/c1-8(2)17-18-13(23)12-14(24)21(16)19-20(12)7-11(22)9-3-5-10(15)6-4-9/h3-6H,7H2,1-2H3,(H3-,16,18,19,23,24). The van der Waals surface area contributed by atoms with Crippen LogP contribution in [0.5, 0.6) is 0 Å². The van der Waals surface area contributed by atoms with Gasteiger partial charge in [-0.2, -0.15) is 10.2 Å². The Bertz CT molecular complexity index is 875. The molecule has 1 aromatic carbocycles. The van der Waals surface area contributed by atoms with Crippen LogP contribution in [0.15, 0.2) is 39.3 Å². The van der Waals surface area contributed by atoms with Crippen molar-refractivity contribution in [2.24, 2.45) is 10.2 Å². The quantitative estimate of drug-likeness (QED) is 0.183. The first-order valence-electron chi connectivity index (χ1n) is 6.84. The molecule has 24 heavy (non-hydrogen) atoms. The molecule has 0 unspecified atom stereocenters. The predicted molar refractivity (Wildman–Crippen MR) is 86.5 cm³/mol. The minimum absolute atomic E-state index is 0.299. The lowest BCUT2D eigenvalue weighted by molar-refractivity contribution is -0.745. The summed E-state index contributed by atoms with van der Waals surface area (Å²) >= 11 is 5.77. The average molecular weight is 351 g/mol. The van der Waals surface area contributed by atoms with Gasteiger partial charge in [0.1, 0.15) is 0 Å². The van der Waals surface area contributed by atoms with Crippen molar-refractivity contribution in [3.8, 4) is 0 Å². The highest BCUT2D eigenvalue weighted by atomic mass is 35.5. The third kappa shape index (κ3) is 3.87. The van der Waals surface area contributed by atoms with E-state index in [1.165, 1.54) is 0 Å². The second kappa shape index (κ2) is 7.09. The number of Topliss-reactive ketones (excluding diaryl/α,β-unsaturated/α-hetero) is 1. The summed E-state index contributed by atoms with van der Waals surface area (Å²) in [4.78, 5) is 24.8. The summed E-state index contributed by atoms with van der Waals surface area (Å²) < 4.78 is 1.03. The lowest BCUT2D eigenvalue weighted by Crippen LogP contribution is -2.48. The lowest BCUT2D eigenvalue weighted by Gasteiger charge is -2.05. The fourth-order valence-corrected chi connectivity index (χ4v) is 1.97. The van der Waals surface area contributed by atoms with Gasteiger partial charge in [-0.3, -0.25) is 4.79 Å². The van der Waals surface area contributed by atoms with Crippen molar-refractivity contribution < 1.29 is 14.6 Å². The van der Waals surface area contributed by atoms with Gasteiger partial charge in [-0.1, -0.05) is 16.8 Å². The number of H-pyrrole nitrogens is 1. The Hall–Kier alpha value is -2.94. The number of nitrogen functional groups attached to an aromatic ring is 1. The number of aromatic amines is 1. The van der Waals surface area contributed by atoms with Gasteiger partial charge in [0.05, 0.1) is 5.90 Å². The number of carbonyl (C=O) groups is 1. The Labute approximate surface area is 141 Å². The number of hydrogen-bond acceptors (Lipinski definition) is 6. The van der Waals surface area contributed by atoms with E-state index in [2.05, 4.69) is 15.4 Å². The smallest absolute Gasteiger partial charge is 0.425 e. The van der Waals surface area contributed by atoms with Crippen LogP contribution in [-0.4, -0.2) is 27.4 Å². The van der Waals surface area contributed by atoms with E-state index in [-0.39, 0.29) is 18.0 Å². The largest absolute Gasteiger partial charge is 0.854 e. The maximum Gasteiger partial charge on any atom is 0.425 e. The molecule has 3 N–H and O–H groups in total. The first kappa shape index (κ1) is 17.4. The van der Waals surface area contributed by atoms with E-state index in [9.17, 15) is 14.7 Å². The molecule has 0 bridgehead atoms. The number of rotatable bonds is 5. The molecule has 2 rings (SSSR count). The predicted octanol–water partition coefficient (Wildman–Crippen LogP) is -0.783. The number of nitrogens with two attached hydrogens (primary N) is 1. The number of halogens is 1. The van der Waals surface area contributed by atoms with Crippen molar-refractivity contribution in [2.45, 2.75) is 20.4 Å². The van der Waals surface area contributed by atoms with Gasteiger partial charge < -0.3 is 5.11 Å². The van der Waals surface area contributed by atoms with Crippen LogP contribution in [0.3, 0.4) is 0 Å². The molecule has 0 aliphatic carbocycles. The average Bonchev–Trinajstić information content (AvgIpc) is 2.80. The summed E-state index contributed by atoms with van der Waals surface area (Å²) in [6, 6.07) is 6.21. The Balaban J connectivity index is 2.37. The molecule has 9 nitrogen and oxygen atoms in total. The Morgan fingerprint density at radius 1 is 1.33 bits per heavy atom. The van der Waals surface area contributed by atoms with Gasteiger partial charge in [-0.15, -0.1) is 4.68 Å². The van der Waals surface area contributed by atoms with E-state index in [4.69, 9.17) is 17.4 Å². The summed E-state index contributed by atoms with van der Waals surface area (Å²) in [5, 5.41) is 22.0. The van der Waals surface area contributed by atoms with E-state index < -0.39 is 11.5 Å². The van der Waals surface area contributed by atoms with Crippen LogP contribution in [0.4, 0.5) is 0 Å². The first-order valence-corrected chi connectivity index (χ1v) is 7.22. The van der Waals surface area contributed by atoms with E-state index >= 15 is 0 Å². The monoisotopic (exact) mass is 350 g/mol. The molecule has 0 amide bonds. The maximum atomic E-state index is 12.3. The molecule has 2 aromatic rings. The normalized spacial score (nSPS) is 11.4. The summed E-state index contributed by atoms with van der Waals surface area (Å²) in [7, 11) is 0. The van der Waals surface area contributed by atoms with Gasteiger partial charge in [-0.25, -0.2) is 10.6 Å². The molecule has 0 saturated heterocycles. The zero-order valence-electron chi connectivity index (χ0n) is 13.0. The number of ketones is 1. The third-order valence-corrected chi connectivity index (χ3v) is 3.18. The van der Waals surface area contributed by atoms with E-state index in [1.807, 2.05) is 0 Å². The minimum atomic E-state index is -0.898. The number of carbonyl (C=O) groups excluding carboxylic acids is 1. The van der Waals surface area contributed by atoms with E-state index in [1.54, 1.807) is 38.1 Å². The van der Waals surface area contributed by atoms with Crippen LogP contribution in [0, 0.1) is 0 Å².